The van der Waals surface area contributed by atoms with E-state index in [0.717, 1.165) is 0 Å². The van der Waals surface area contributed by atoms with Crippen molar-refractivity contribution >= 4 is 26.9 Å². The smallest absolute Gasteiger partial charge is 0.297 e. The lowest BCUT2D eigenvalue weighted by Crippen LogP contribution is -2.32. The molecule has 0 aliphatic rings. The molecule has 3 aromatic rings. The first-order valence-corrected chi connectivity index (χ1v) is 10.9. The molecule has 29 heavy (non-hydrogen) atoms. The van der Waals surface area contributed by atoms with Gasteiger partial charge in [-0.1, -0.05) is 45.9 Å². The van der Waals surface area contributed by atoms with Crippen molar-refractivity contribution in [1.29, 1.82) is 0 Å². The third-order valence-corrected chi connectivity index (χ3v) is 6.01. The van der Waals surface area contributed by atoms with E-state index >= 15 is 0 Å². The number of carbonyl (C=O) groups excluding carboxylic acids is 1. The second kappa shape index (κ2) is 7.99. The van der Waals surface area contributed by atoms with Crippen molar-refractivity contribution < 1.29 is 22.0 Å². The summed E-state index contributed by atoms with van der Waals surface area (Å²) in [6.07, 6.45) is -0.166. The Morgan fingerprint density at radius 1 is 1.03 bits per heavy atom. The van der Waals surface area contributed by atoms with Crippen LogP contribution in [0.4, 0.5) is 4.39 Å². The standard InChI is InChI=1S/C22H24FNO4S/c1-13(2)17-10-16(23)11-18(14(3)4)19(17)12-21(25)24-29(26,27)22-9-15-7-5-6-8-20(15)28-22/h5-11,13-14H,12H2,1-4H3,(H,24,25). The number of hydrogen-bond donors (Lipinski definition) is 1. The van der Waals surface area contributed by atoms with Crippen molar-refractivity contribution in [2.75, 3.05) is 0 Å². The molecule has 0 bridgehead atoms. The molecule has 0 fully saturated rings. The lowest BCUT2D eigenvalue weighted by Gasteiger charge is -2.19. The minimum atomic E-state index is -4.16. The van der Waals surface area contributed by atoms with Crippen molar-refractivity contribution in [1.82, 2.24) is 4.72 Å². The highest BCUT2D eigenvalue weighted by Gasteiger charge is 2.24. The molecule has 2 aromatic carbocycles. The number of benzene rings is 2. The zero-order valence-corrected chi connectivity index (χ0v) is 17.6. The first-order chi connectivity index (χ1) is 13.6. The maximum absolute atomic E-state index is 14.1. The summed E-state index contributed by atoms with van der Waals surface area (Å²) in [4.78, 5) is 12.6. The van der Waals surface area contributed by atoms with E-state index in [1.165, 1.54) is 18.2 Å². The normalized spacial score (nSPS) is 12.1. The molecule has 0 aliphatic carbocycles. The maximum Gasteiger partial charge on any atom is 0.297 e. The second-order valence-corrected chi connectivity index (χ2v) is 9.29. The van der Waals surface area contributed by atoms with Crippen molar-refractivity contribution in [3.63, 3.8) is 0 Å². The first kappa shape index (κ1) is 21.0. The molecule has 0 saturated heterocycles. The van der Waals surface area contributed by atoms with E-state index in [2.05, 4.69) is 4.72 Å². The Morgan fingerprint density at radius 3 is 2.17 bits per heavy atom. The number of rotatable bonds is 6. The molecule has 154 valence electrons. The summed E-state index contributed by atoms with van der Waals surface area (Å²) in [5, 5.41) is 0.308. The molecule has 1 N–H and O–H groups in total. The summed E-state index contributed by atoms with van der Waals surface area (Å²) in [5.41, 5.74) is 2.48. The Morgan fingerprint density at radius 2 is 1.62 bits per heavy atom. The molecule has 0 saturated carbocycles. The minimum Gasteiger partial charge on any atom is -0.443 e. The third-order valence-electron chi connectivity index (χ3n) is 4.78. The van der Waals surface area contributed by atoms with Crippen LogP contribution in [-0.2, 0) is 21.2 Å². The van der Waals surface area contributed by atoms with Gasteiger partial charge in [0.05, 0.1) is 6.42 Å². The van der Waals surface area contributed by atoms with Gasteiger partial charge in [0.25, 0.3) is 10.0 Å². The van der Waals surface area contributed by atoms with Crippen LogP contribution in [0.1, 0.15) is 56.2 Å². The lowest BCUT2D eigenvalue weighted by molar-refractivity contribution is -0.118. The summed E-state index contributed by atoms with van der Waals surface area (Å²) in [5.74, 6) is -1.09. The van der Waals surface area contributed by atoms with Crippen molar-refractivity contribution in [2.24, 2.45) is 0 Å². The van der Waals surface area contributed by atoms with E-state index in [0.29, 0.717) is 27.7 Å². The van der Waals surface area contributed by atoms with Gasteiger partial charge in [0, 0.05) is 11.5 Å². The highest BCUT2D eigenvalue weighted by atomic mass is 32.2. The summed E-state index contributed by atoms with van der Waals surface area (Å²) >= 11 is 0. The van der Waals surface area contributed by atoms with E-state index < -0.39 is 15.9 Å². The van der Waals surface area contributed by atoms with Gasteiger partial charge in [0.1, 0.15) is 11.4 Å². The fourth-order valence-electron chi connectivity index (χ4n) is 3.40. The highest BCUT2D eigenvalue weighted by Crippen LogP contribution is 2.30. The van der Waals surface area contributed by atoms with Gasteiger partial charge in [-0.2, -0.15) is 8.42 Å². The predicted molar refractivity (Wildman–Crippen MR) is 110 cm³/mol. The van der Waals surface area contributed by atoms with E-state index in [4.69, 9.17) is 4.42 Å². The van der Waals surface area contributed by atoms with Crippen LogP contribution in [0, 0.1) is 5.82 Å². The van der Waals surface area contributed by atoms with Crippen LogP contribution in [0.25, 0.3) is 11.0 Å². The number of nitrogens with one attached hydrogen (secondary N) is 1. The number of furan rings is 1. The number of para-hydroxylation sites is 1. The fraction of sp³-hybridized carbons (Fsp3) is 0.318. The van der Waals surface area contributed by atoms with Gasteiger partial charge in [-0.15, -0.1) is 0 Å². The van der Waals surface area contributed by atoms with E-state index in [-0.39, 0.29) is 29.2 Å². The molecule has 1 heterocycles. The molecule has 0 aliphatic heterocycles. The van der Waals surface area contributed by atoms with E-state index in [9.17, 15) is 17.6 Å². The molecule has 0 spiro atoms. The van der Waals surface area contributed by atoms with E-state index in [1.54, 1.807) is 24.3 Å². The van der Waals surface area contributed by atoms with Crippen molar-refractivity contribution in [2.45, 2.75) is 51.0 Å². The number of halogens is 1. The van der Waals surface area contributed by atoms with Crippen LogP contribution in [0.5, 0.6) is 0 Å². The van der Waals surface area contributed by atoms with Crippen LogP contribution in [0.2, 0.25) is 0 Å². The Hall–Kier alpha value is -2.67. The predicted octanol–water partition coefficient (Wildman–Crippen LogP) is 4.87. The minimum absolute atomic E-state index is 0.0158. The van der Waals surface area contributed by atoms with Crippen molar-refractivity contribution in [3.05, 3.63) is 65.0 Å². The van der Waals surface area contributed by atoms with Crippen LogP contribution in [-0.4, -0.2) is 14.3 Å². The fourth-order valence-corrected chi connectivity index (χ4v) is 4.35. The van der Waals surface area contributed by atoms with Crippen LogP contribution >= 0.6 is 0 Å². The average Bonchev–Trinajstić information content (AvgIpc) is 3.07. The van der Waals surface area contributed by atoms with Gasteiger partial charge < -0.3 is 4.42 Å². The van der Waals surface area contributed by atoms with Crippen molar-refractivity contribution in [3.8, 4) is 0 Å². The van der Waals surface area contributed by atoms with Gasteiger partial charge in [-0.05, 0) is 46.7 Å². The number of sulfonamides is 1. The summed E-state index contributed by atoms with van der Waals surface area (Å²) < 4.78 is 46.7. The van der Waals surface area contributed by atoms with Crippen LogP contribution in [0.3, 0.4) is 0 Å². The molecule has 0 unspecified atom stereocenters. The van der Waals surface area contributed by atoms with Gasteiger partial charge in [0.2, 0.25) is 11.0 Å². The Bertz CT molecular complexity index is 1100. The Balaban J connectivity index is 1.90. The molecule has 5 nitrogen and oxygen atoms in total. The monoisotopic (exact) mass is 417 g/mol. The Labute approximate surface area is 170 Å². The number of carbonyl (C=O) groups is 1. The van der Waals surface area contributed by atoms with Gasteiger partial charge >= 0.3 is 0 Å². The zero-order chi connectivity index (χ0) is 21.3. The quantitative estimate of drug-likeness (QED) is 0.621. The molecule has 1 amide bonds. The van der Waals surface area contributed by atoms with Gasteiger partial charge in [0.15, 0.2) is 0 Å². The van der Waals surface area contributed by atoms with E-state index in [1.807, 2.05) is 27.7 Å². The molecule has 1 aromatic heterocycles. The Kier molecular flexibility index (Phi) is 5.80. The molecular formula is C22H24FNO4S. The van der Waals surface area contributed by atoms with Gasteiger partial charge in [-0.25, -0.2) is 9.11 Å². The molecule has 3 rings (SSSR count). The van der Waals surface area contributed by atoms with Crippen LogP contribution in [0.15, 0.2) is 52.0 Å². The number of fused-ring (bicyclic) bond motifs is 1. The largest absolute Gasteiger partial charge is 0.443 e. The zero-order valence-electron chi connectivity index (χ0n) is 16.8. The number of hydrogen-bond acceptors (Lipinski definition) is 4. The molecule has 7 heteroatoms. The second-order valence-electron chi connectivity index (χ2n) is 7.68. The van der Waals surface area contributed by atoms with Crippen LogP contribution < -0.4 is 4.72 Å². The highest BCUT2D eigenvalue weighted by molar-refractivity contribution is 7.89. The summed E-state index contributed by atoms with van der Waals surface area (Å²) in [6.45, 7) is 7.63. The molecule has 0 atom stereocenters. The summed E-state index contributed by atoms with van der Waals surface area (Å²) in [6, 6.07) is 11.1. The summed E-state index contributed by atoms with van der Waals surface area (Å²) in [7, 11) is -4.16. The van der Waals surface area contributed by atoms with Gasteiger partial charge in [-0.3, -0.25) is 4.79 Å². The SMILES string of the molecule is CC(C)c1cc(F)cc(C(C)C)c1CC(=O)NS(=O)(=O)c1cc2ccccc2o1. The molecular weight excluding hydrogens is 393 g/mol. The first-order valence-electron chi connectivity index (χ1n) is 9.45. The topological polar surface area (TPSA) is 76.4 Å². The lowest BCUT2D eigenvalue weighted by atomic mass is 9.87. The number of amides is 1. The molecule has 0 radical (unpaired) electrons. The maximum atomic E-state index is 14.1. The average molecular weight is 418 g/mol. The third kappa shape index (κ3) is 4.50.